The van der Waals surface area contributed by atoms with Crippen molar-refractivity contribution in [3.63, 3.8) is 0 Å². The quantitative estimate of drug-likeness (QED) is 0.399. The molecule has 0 spiro atoms. The van der Waals surface area contributed by atoms with E-state index in [1.54, 1.807) is 18.5 Å². The molecule has 1 aliphatic heterocycles. The van der Waals surface area contributed by atoms with Crippen LogP contribution in [0.1, 0.15) is 16.1 Å². The van der Waals surface area contributed by atoms with Crippen molar-refractivity contribution >= 4 is 40.7 Å². The molecule has 1 aromatic carbocycles. The number of thioether (sulfide) groups is 1. The summed E-state index contributed by atoms with van der Waals surface area (Å²) < 4.78 is 13.7. The highest BCUT2D eigenvalue weighted by Crippen LogP contribution is 2.24. The molecule has 0 aliphatic carbocycles. The van der Waals surface area contributed by atoms with Crippen molar-refractivity contribution in [3.8, 4) is 0 Å². The molecule has 10 heteroatoms. The van der Waals surface area contributed by atoms with E-state index in [1.165, 1.54) is 47.4 Å². The minimum atomic E-state index is -0.367. The van der Waals surface area contributed by atoms with Crippen LogP contribution in [-0.2, 0) is 11.2 Å². The van der Waals surface area contributed by atoms with Crippen LogP contribution < -0.4 is 4.90 Å². The SMILES string of the molecule is O=C(CSc1nc(CC(=O)N2CCN(c3ncccn3)CC2)cs1)c1ccc(F)cc1. The maximum absolute atomic E-state index is 13.0. The molecule has 0 saturated carbocycles. The normalized spacial score (nSPS) is 14.0. The number of aromatic nitrogens is 3. The first kappa shape index (κ1) is 21.4. The molecule has 7 nitrogen and oxygen atoms in total. The number of amides is 1. The summed E-state index contributed by atoms with van der Waals surface area (Å²) in [4.78, 5) is 41.8. The summed E-state index contributed by atoms with van der Waals surface area (Å²) in [6.07, 6.45) is 3.67. The summed E-state index contributed by atoms with van der Waals surface area (Å²) in [6, 6.07) is 7.29. The van der Waals surface area contributed by atoms with Gasteiger partial charge in [-0.25, -0.2) is 19.3 Å². The molecule has 1 amide bonds. The van der Waals surface area contributed by atoms with Crippen LogP contribution in [0.4, 0.5) is 10.3 Å². The molecule has 0 N–H and O–H groups in total. The van der Waals surface area contributed by atoms with Gasteiger partial charge in [0.25, 0.3) is 0 Å². The van der Waals surface area contributed by atoms with Gasteiger partial charge in [0.1, 0.15) is 5.82 Å². The van der Waals surface area contributed by atoms with E-state index in [4.69, 9.17) is 0 Å². The Labute approximate surface area is 187 Å². The average molecular weight is 458 g/mol. The summed E-state index contributed by atoms with van der Waals surface area (Å²) in [5, 5.41) is 1.86. The molecule has 1 aliphatic rings. The van der Waals surface area contributed by atoms with Gasteiger partial charge in [-0.15, -0.1) is 11.3 Å². The van der Waals surface area contributed by atoms with E-state index < -0.39 is 0 Å². The minimum Gasteiger partial charge on any atom is -0.339 e. The van der Waals surface area contributed by atoms with Gasteiger partial charge < -0.3 is 9.80 Å². The first-order valence-electron chi connectivity index (χ1n) is 9.74. The van der Waals surface area contributed by atoms with Crippen LogP contribution in [0.15, 0.2) is 52.4 Å². The van der Waals surface area contributed by atoms with Gasteiger partial charge in [-0.05, 0) is 30.3 Å². The monoisotopic (exact) mass is 457 g/mol. The number of thiazole rings is 1. The highest BCUT2D eigenvalue weighted by atomic mass is 32.2. The van der Waals surface area contributed by atoms with E-state index in [9.17, 15) is 14.0 Å². The van der Waals surface area contributed by atoms with Crippen LogP contribution in [0.5, 0.6) is 0 Å². The van der Waals surface area contributed by atoms with Crippen LogP contribution in [0.2, 0.25) is 0 Å². The molecule has 31 heavy (non-hydrogen) atoms. The summed E-state index contributed by atoms with van der Waals surface area (Å²) in [5.74, 6) is 0.492. The zero-order valence-electron chi connectivity index (χ0n) is 16.6. The maximum Gasteiger partial charge on any atom is 0.228 e. The molecule has 2 aromatic heterocycles. The van der Waals surface area contributed by atoms with Gasteiger partial charge in [0.15, 0.2) is 10.1 Å². The van der Waals surface area contributed by atoms with E-state index in [2.05, 4.69) is 19.9 Å². The van der Waals surface area contributed by atoms with Crippen molar-refractivity contribution in [2.24, 2.45) is 0 Å². The van der Waals surface area contributed by atoms with Gasteiger partial charge in [0.2, 0.25) is 11.9 Å². The fourth-order valence-corrected chi connectivity index (χ4v) is 4.90. The van der Waals surface area contributed by atoms with Crippen LogP contribution >= 0.6 is 23.1 Å². The molecule has 4 rings (SSSR count). The molecular weight excluding hydrogens is 437 g/mol. The Balaban J connectivity index is 1.24. The van der Waals surface area contributed by atoms with E-state index >= 15 is 0 Å². The number of benzene rings is 1. The fraction of sp³-hybridized carbons (Fsp3) is 0.286. The second kappa shape index (κ2) is 9.97. The summed E-state index contributed by atoms with van der Waals surface area (Å²) >= 11 is 2.75. The van der Waals surface area contributed by atoms with Gasteiger partial charge in [0.05, 0.1) is 17.9 Å². The fourth-order valence-electron chi connectivity index (χ4n) is 3.16. The number of Topliss-reactive ketones (excluding diaryl/α,β-unsaturated/α-hetero) is 1. The molecule has 1 saturated heterocycles. The zero-order valence-corrected chi connectivity index (χ0v) is 18.2. The van der Waals surface area contributed by atoms with Crippen molar-refractivity contribution in [3.05, 3.63) is 65.2 Å². The molecule has 0 unspecified atom stereocenters. The third-order valence-corrected chi connectivity index (χ3v) is 6.89. The molecular formula is C21H20FN5O2S2. The lowest BCUT2D eigenvalue weighted by atomic mass is 10.1. The van der Waals surface area contributed by atoms with Gasteiger partial charge in [-0.2, -0.15) is 0 Å². The number of carbonyl (C=O) groups excluding carboxylic acids is 2. The topological polar surface area (TPSA) is 79.3 Å². The van der Waals surface area contributed by atoms with E-state index in [0.717, 1.165) is 4.34 Å². The Bertz CT molecular complexity index is 1040. The third-order valence-electron chi connectivity index (χ3n) is 4.82. The molecule has 0 bridgehead atoms. The number of nitrogens with zero attached hydrogens (tertiary/aromatic N) is 5. The summed E-state index contributed by atoms with van der Waals surface area (Å²) in [6.45, 7) is 2.63. The van der Waals surface area contributed by atoms with Crippen molar-refractivity contribution in [1.82, 2.24) is 19.9 Å². The average Bonchev–Trinajstić information content (AvgIpc) is 3.26. The summed E-state index contributed by atoms with van der Waals surface area (Å²) in [7, 11) is 0. The van der Waals surface area contributed by atoms with Gasteiger partial charge in [-0.3, -0.25) is 9.59 Å². The number of hydrogen-bond acceptors (Lipinski definition) is 8. The van der Waals surface area contributed by atoms with E-state index in [1.807, 2.05) is 10.3 Å². The van der Waals surface area contributed by atoms with Crippen molar-refractivity contribution in [1.29, 1.82) is 0 Å². The largest absolute Gasteiger partial charge is 0.339 e. The number of ketones is 1. The summed E-state index contributed by atoms with van der Waals surface area (Å²) in [5.41, 5.74) is 1.18. The number of piperazine rings is 1. The first-order chi connectivity index (χ1) is 15.1. The standard InChI is InChI=1S/C21H20FN5O2S2/c22-16-4-2-15(3-5-16)18(28)14-31-21-25-17(13-30-21)12-19(29)26-8-10-27(11-9-26)20-23-6-1-7-24-20/h1-7,13H,8-12,14H2. The predicted octanol–water partition coefficient (Wildman–Crippen LogP) is 2.94. The Morgan fingerprint density at radius 1 is 1.06 bits per heavy atom. The van der Waals surface area contributed by atoms with Gasteiger partial charge >= 0.3 is 0 Å². The number of anilines is 1. The number of halogens is 1. The smallest absolute Gasteiger partial charge is 0.228 e. The number of rotatable bonds is 7. The molecule has 0 atom stereocenters. The Morgan fingerprint density at radius 3 is 2.48 bits per heavy atom. The number of carbonyl (C=O) groups is 2. The van der Waals surface area contributed by atoms with Gasteiger partial charge in [0, 0.05) is 49.5 Å². The van der Waals surface area contributed by atoms with Crippen molar-refractivity contribution in [2.45, 2.75) is 10.8 Å². The highest BCUT2D eigenvalue weighted by molar-refractivity contribution is 8.01. The lowest BCUT2D eigenvalue weighted by Gasteiger charge is -2.34. The van der Waals surface area contributed by atoms with Crippen molar-refractivity contribution < 1.29 is 14.0 Å². The van der Waals surface area contributed by atoms with Crippen LogP contribution in [0.3, 0.4) is 0 Å². The Morgan fingerprint density at radius 2 is 1.77 bits per heavy atom. The van der Waals surface area contributed by atoms with E-state index in [0.29, 0.717) is 43.4 Å². The second-order valence-corrected chi connectivity index (χ2v) is 9.00. The van der Waals surface area contributed by atoms with Gasteiger partial charge in [-0.1, -0.05) is 11.8 Å². The van der Waals surface area contributed by atoms with Crippen LogP contribution in [-0.4, -0.2) is 63.5 Å². The highest BCUT2D eigenvalue weighted by Gasteiger charge is 2.23. The predicted molar refractivity (Wildman–Crippen MR) is 118 cm³/mol. The minimum absolute atomic E-state index is 0.0397. The zero-order chi connectivity index (χ0) is 21.6. The Kier molecular flexibility index (Phi) is 6.88. The first-order valence-corrected chi connectivity index (χ1v) is 11.6. The number of hydrogen-bond donors (Lipinski definition) is 0. The molecule has 160 valence electrons. The maximum atomic E-state index is 13.0. The van der Waals surface area contributed by atoms with Crippen LogP contribution in [0.25, 0.3) is 0 Å². The Hall–Kier alpha value is -2.85. The molecule has 3 heterocycles. The second-order valence-electron chi connectivity index (χ2n) is 6.92. The lowest BCUT2D eigenvalue weighted by molar-refractivity contribution is -0.130. The van der Waals surface area contributed by atoms with Crippen molar-refractivity contribution in [2.75, 3.05) is 36.8 Å². The molecule has 3 aromatic rings. The molecule has 0 radical (unpaired) electrons. The molecule has 1 fully saturated rings. The van der Waals surface area contributed by atoms with E-state index in [-0.39, 0.29) is 29.7 Å². The van der Waals surface area contributed by atoms with Crippen LogP contribution in [0, 0.1) is 5.82 Å². The lowest BCUT2D eigenvalue weighted by Crippen LogP contribution is -2.49. The third kappa shape index (κ3) is 5.65.